The third-order valence-electron chi connectivity index (χ3n) is 8.63. The Morgan fingerprint density at radius 1 is 1.00 bits per heavy atom. The molecule has 4 aliphatic rings. The van der Waals surface area contributed by atoms with E-state index in [0.29, 0.717) is 22.5 Å². The van der Waals surface area contributed by atoms with Gasteiger partial charge in [0.25, 0.3) is 0 Å². The minimum absolute atomic E-state index is 0.299. The third-order valence-corrected chi connectivity index (χ3v) is 8.63. The van der Waals surface area contributed by atoms with Crippen molar-refractivity contribution in [3.05, 3.63) is 12.8 Å². The lowest BCUT2D eigenvalue weighted by Gasteiger charge is -2.60. The number of Topliss-reactive ketones (excluding diaryl/α,β-unsaturated/α-hetero) is 1. The molecule has 0 aliphatic heterocycles. The molecular formula is C21H32O. The van der Waals surface area contributed by atoms with Gasteiger partial charge in [0.1, 0.15) is 5.78 Å². The molecule has 0 N–H and O–H groups in total. The van der Waals surface area contributed by atoms with Crippen LogP contribution in [-0.4, -0.2) is 5.78 Å². The van der Waals surface area contributed by atoms with Crippen molar-refractivity contribution in [2.75, 3.05) is 0 Å². The summed E-state index contributed by atoms with van der Waals surface area (Å²) in [5.74, 6) is 4.17. The first kappa shape index (κ1) is 15.2. The number of carbonyl (C=O) groups is 1. The summed E-state index contributed by atoms with van der Waals surface area (Å²) in [6, 6.07) is 0. The highest BCUT2D eigenvalue weighted by Gasteiger charge is 2.60. The van der Waals surface area contributed by atoms with Gasteiger partial charge in [-0.25, -0.2) is 0 Å². The molecule has 0 aromatic rings. The molecule has 122 valence electrons. The summed E-state index contributed by atoms with van der Waals surface area (Å²) in [5, 5.41) is 0. The molecule has 4 fully saturated rings. The minimum Gasteiger partial charge on any atom is -0.300 e. The van der Waals surface area contributed by atoms with E-state index in [1.807, 2.05) is 6.92 Å². The molecule has 4 rings (SSSR count). The molecule has 1 heteroatoms. The summed E-state index contributed by atoms with van der Waals surface area (Å²) < 4.78 is 0. The van der Waals surface area contributed by atoms with E-state index >= 15 is 0 Å². The number of hydrogen-bond donors (Lipinski definition) is 0. The molecular weight excluding hydrogens is 268 g/mol. The van der Waals surface area contributed by atoms with Gasteiger partial charge in [-0.2, -0.15) is 0 Å². The predicted molar refractivity (Wildman–Crippen MR) is 89.9 cm³/mol. The highest BCUT2D eigenvalue weighted by atomic mass is 16.1. The van der Waals surface area contributed by atoms with Crippen LogP contribution in [0.25, 0.3) is 0 Å². The Morgan fingerprint density at radius 3 is 2.55 bits per heavy atom. The molecule has 1 nitrogen and oxygen atoms in total. The zero-order valence-corrected chi connectivity index (χ0v) is 14.6. The molecule has 0 bridgehead atoms. The van der Waals surface area contributed by atoms with Crippen molar-refractivity contribution in [3.8, 4) is 0 Å². The summed E-state index contributed by atoms with van der Waals surface area (Å²) in [6.07, 6.45) is 15.8. The molecule has 2 radical (unpaired) electrons. The van der Waals surface area contributed by atoms with Crippen molar-refractivity contribution in [3.63, 3.8) is 0 Å². The summed E-state index contributed by atoms with van der Waals surface area (Å²) in [6.45, 7) is 6.89. The van der Waals surface area contributed by atoms with Crippen LogP contribution in [0.1, 0.15) is 72.1 Å². The zero-order chi connectivity index (χ0) is 15.5. The zero-order valence-electron chi connectivity index (χ0n) is 14.6. The van der Waals surface area contributed by atoms with Crippen LogP contribution in [0.5, 0.6) is 0 Å². The Kier molecular flexibility index (Phi) is 3.51. The van der Waals surface area contributed by atoms with Crippen molar-refractivity contribution >= 4 is 5.78 Å². The Morgan fingerprint density at radius 2 is 1.77 bits per heavy atom. The lowest BCUT2D eigenvalue weighted by atomic mass is 9.45. The maximum atomic E-state index is 12.1. The van der Waals surface area contributed by atoms with E-state index in [1.165, 1.54) is 44.9 Å². The summed E-state index contributed by atoms with van der Waals surface area (Å²) in [4.78, 5) is 12.1. The molecule has 0 aromatic heterocycles. The van der Waals surface area contributed by atoms with E-state index < -0.39 is 0 Å². The standard InChI is InChI=1S/C21H32O/c1-14(22)17-9-10-18-16-8-7-15-6-4-5-12-20(15,2)19(16)11-13-21(17,18)3/h4,8,15-19H,5-7,9-13H2,1-3H3/t15-,16+,17-,18+,19+,20+,21-/m1/s1. The van der Waals surface area contributed by atoms with Crippen molar-refractivity contribution in [2.45, 2.75) is 72.1 Å². The second kappa shape index (κ2) is 5.08. The Hall–Kier alpha value is -0.330. The van der Waals surface area contributed by atoms with Gasteiger partial charge >= 0.3 is 0 Å². The predicted octanol–water partition coefficient (Wildman–Crippen LogP) is 5.25. The third kappa shape index (κ3) is 1.93. The molecule has 4 aliphatic carbocycles. The van der Waals surface area contributed by atoms with Crippen LogP contribution in [0.3, 0.4) is 0 Å². The smallest absolute Gasteiger partial charge is 0.133 e. The van der Waals surface area contributed by atoms with Crippen LogP contribution in [0.15, 0.2) is 0 Å². The van der Waals surface area contributed by atoms with E-state index in [2.05, 4.69) is 26.7 Å². The van der Waals surface area contributed by atoms with Gasteiger partial charge in [0, 0.05) is 5.92 Å². The van der Waals surface area contributed by atoms with Gasteiger partial charge in [-0.15, -0.1) is 0 Å². The summed E-state index contributed by atoms with van der Waals surface area (Å²) in [7, 11) is 0. The van der Waals surface area contributed by atoms with Crippen LogP contribution in [0.2, 0.25) is 0 Å². The van der Waals surface area contributed by atoms with Gasteiger partial charge in [0.2, 0.25) is 0 Å². The first-order valence-corrected chi connectivity index (χ1v) is 9.62. The van der Waals surface area contributed by atoms with Crippen LogP contribution in [0.4, 0.5) is 0 Å². The minimum atomic E-state index is 0.299. The van der Waals surface area contributed by atoms with E-state index in [1.54, 1.807) is 0 Å². The van der Waals surface area contributed by atoms with E-state index in [-0.39, 0.29) is 0 Å². The van der Waals surface area contributed by atoms with Gasteiger partial charge in [0.05, 0.1) is 0 Å². The number of rotatable bonds is 1. The highest BCUT2D eigenvalue weighted by Crippen LogP contribution is 2.67. The Bertz CT molecular complexity index is 469. The Balaban J connectivity index is 1.63. The van der Waals surface area contributed by atoms with Gasteiger partial charge in [0.15, 0.2) is 0 Å². The fourth-order valence-corrected chi connectivity index (χ4v) is 7.34. The topological polar surface area (TPSA) is 17.1 Å². The largest absolute Gasteiger partial charge is 0.300 e. The average Bonchev–Trinajstić information content (AvgIpc) is 2.84. The van der Waals surface area contributed by atoms with Crippen LogP contribution in [-0.2, 0) is 4.79 Å². The molecule has 7 atom stereocenters. The molecule has 0 spiro atoms. The molecule has 0 saturated heterocycles. The van der Waals surface area contributed by atoms with Crippen molar-refractivity contribution in [1.29, 1.82) is 0 Å². The average molecular weight is 300 g/mol. The van der Waals surface area contributed by atoms with Gasteiger partial charge in [-0.05, 0) is 106 Å². The highest BCUT2D eigenvalue weighted by molar-refractivity contribution is 5.79. The maximum Gasteiger partial charge on any atom is 0.133 e. The maximum absolute atomic E-state index is 12.1. The number of fused-ring (bicyclic) bond motifs is 5. The van der Waals surface area contributed by atoms with E-state index in [9.17, 15) is 4.79 Å². The van der Waals surface area contributed by atoms with Crippen molar-refractivity contribution in [2.24, 2.45) is 40.4 Å². The van der Waals surface area contributed by atoms with Crippen LogP contribution in [0, 0.1) is 53.3 Å². The first-order valence-electron chi connectivity index (χ1n) is 9.62. The van der Waals surface area contributed by atoms with Crippen LogP contribution < -0.4 is 0 Å². The lowest BCUT2D eigenvalue weighted by Crippen LogP contribution is -2.53. The molecule has 4 saturated carbocycles. The van der Waals surface area contributed by atoms with E-state index in [4.69, 9.17) is 0 Å². The molecule has 22 heavy (non-hydrogen) atoms. The molecule has 0 unspecified atom stereocenters. The fourth-order valence-electron chi connectivity index (χ4n) is 7.34. The molecule has 0 heterocycles. The quantitative estimate of drug-likeness (QED) is 0.646. The number of carbonyl (C=O) groups excluding carboxylic acids is 1. The van der Waals surface area contributed by atoms with Gasteiger partial charge in [-0.1, -0.05) is 13.8 Å². The number of hydrogen-bond acceptors (Lipinski definition) is 1. The van der Waals surface area contributed by atoms with Crippen LogP contribution >= 0.6 is 0 Å². The second-order valence-corrected chi connectivity index (χ2v) is 9.31. The molecule has 0 aromatic carbocycles. The fraction of sp³-hybridized carbons (Fsp3) is 0.857. The first-order chi connectivity index (χ1) is 10.5. The summed E-state index contributed by atoms with van der Waals surface area (Å²) >= 11 is 0. The second-order valence-electron chi connectivity index (χ2n) is 9.31. The Labute approximate surface area is 136 Å². The van der Waals surface area contributed by atoms with E-state index in [0.717, 1.165) is 30.1 Å². The normalized spacial score (nSPS) is 54.2. The number of ketones is 1. The molecule has 0 amide bonds. The van der Waals surface area contributed by atoms with Crippen molar-refractivity contribution < 1.29 is 4.79 Å². The lowest BCUT2D eigenvalue weighted by molar-refractivity contribution is -0.129. The monoisotopic (exact) mass is 300 g/mol. The summed E-state index contributed by atoms with van der Waals surface area (Å²) in [5.41, 5.74) is 0.872. The van der Waals surface area contributed by atoms with Gasteiger partial charge in [-0.3, -0.25) is 4.79 Å². The SMILES string of the molecule is CC(=O)[C@H]1CC[C@H]2[C@@H]3[CH]C[C@H]4C[CH]CC[C@]4(C)[C@H]3CC[C@]12C. The van der Waals surface area contributed by atoms with Crippen molar-refractivity contribution in [1.82, 2.24) is 0 Å². The van der Waals surface area contributed by atoms with Gasteiger partial charge < -0.3 is 0 Å².